The van der Waals surface area contributed by atoms with Gasteiger partial charge in [0, 0.05) is 11.1 Å². The summed E-state index contributed by atoms with van der Waals surface area (Å²) in [5.41, 5.74) is 0.939. The van der Waals surface area contributed by atoms with E-state index in [1.54, 1.807) is 24.3 Å². The number of nitrogens with one attached hydrogen (secondary N) is 2. The lowest BCUT2D eigenvalue weighted by atomic mass is 9.93. The Bertz CT molecular complexity index is 721. The molecule has 0 atom stereocenters. The third-order valence-corrected chi connectivity index (χ3v) is 2.66. The third kappa shape index (κ3) is 3.01. The first-order valence-electron chi connectivity index (χ1n) is 6.15. The Balaban J connectivity index is 2.29. The maximum Gasteiger partial charge on any atom is 0.274 e. The normalized spacial score (nSPS) is 10.9. The van der Waals surface area contributed by atoms with Crippen molar-refractivity contribution in [3.63, 3.8) is 0 Å². The van der Waals surface area contributed by atoms with Crippen LogP contribution in [0.3, 0.4) is 0 Å². The number of nitrogens with zero attached hydrogens (tertiary/aromatic N) is 3. The first-order chi connectivity index (χ1) is 9.40. The predicted molar refractivity (Wildman–Crippen MR) is 75.8 cm³/mol. The molecular formula is C14H15N5O. The molecular weight excluding hydrogens is 254 g/mol. The van der Waals surface area contributed by atoms with Gasteiger partial charge in [0.05, 0.1) is 11.6 Å². The molecule has 0 amide bonds. The number of anilines is 2. The lowest BCUT2D eigenvalue weighted by molar-refractivity contribution is 0.547. The number of hydrogen-bond acceptors (Lipinski definition) is 5. The summed E-state index contributed by atoms with van der Waals surface area (Å²) in [6, 6.07) is 8.93. The van der Waals surface area contributed by atoms with Crippen LogP contribution in [0, 0.1) is 11.3 Å². The van der Waals surface area contributed by atoms with E-state index in [1.165, 1.54) is 0 Å². The number of aromatic nitrogens is 3. The van der Waals surface area contributed by atoms with Gasteiger partial charge in [-0.05, 0) is 18.2 Å². The average Bonchev–Trinajstić information content (AvgIpc) is 2.37. The quantitative estimate of drug-likeness (QED) is 0.870. The molecule has 1 heterocycles. The van der Waals surface area contributed by atoms with Crippen molar-refractivity contribution in [3.8, 4) is 6.07 Å². The second-order valence-corrected chi connectivity index (χ2v) is 5.42. The van der Waals surface area contributed by atoms with Crippen molar-refractivity contribution in [2.24, 2.45) is 0 Å². The van der Waals surface area contributed by atoms with E-state index in [9.17, 15) is 4.79 Å². The van der Waals surface area contributed by atoms with Crippen molar-refractivity contribution in [2.75, 3.05) is 5.32 Å². The van der Waals surface area contributed by atoms with Crippen LogP contribution in [-0.2, 0) is 5.41 Å². The molecule has 0 bridgehead atoms. The molecule has 0 unspecified atom stereocenters. The van der Waals surface area contributed by atoms with Crippen molar-refractivity contribution in [2.45, 2.75) is 26.2 Å². The molecule has 2 aromatic rings. The van der Waals surface area contributed by atoms with Crippen molar-refractivity contribution < 1.29 is 0 Å². The molecule has 1 aromatic heterocycles. The summed E-state index contributed by atoms with van der Waals surface area (Å²) >= 11 is 0. The molecule has 6 heteroatoms. The Hall–Kier alpha value is -2.68. The van der Waals surface area contributed by atoms with Crippen LogP contribution in [-0.4, -0.2) is 15.2 Å². The molecule has 0 fully saturated rings. The fourth-order valence-electron chi connectivity index (χ4n) is 1.69. The number of nitriles is 1. The van der Waals surface area contributed by atoms with E-state index in [2.05, 4.69) is 20.5 Å². The summed E-state index contributed by atoms with van der Waals surface area (Å²) < 4.78 is 0. The summed E-state index contributed by atoms with van der Waals surface area (Å²) in [7, 11) is 0. The topological polar surface area (TPSA) is 94.5 Å². The molecule has 2 rings (SSSR count). The molecule has 0 aliphatic carbocycles. The van der Waals surface area contributed by atoms with Gasteiger partial charge < -0.3 is 5.32 Å². The molecule has 0 spiro atoms. The zero-order valence-corrected chi connectivity index (χ0v) is 11.6. The van der Waals surface area contributed by atoms with E-state index in [-0.39, 0.29) is 16.9 Å². The third-order valence-electron chi connectivity index (χ3n) is 2.66. The van der Waals surface area contributed by atoms with Gasteiger partial charge in [0.1, 0.15) is 5.69 Å². The Labute approximate surface area is 116 Å². The monoisotopic (exact) mass is 269 g/mol. The van der Waals surface area contributed by atoms with Crippen molar-refractivity contribution in [1.82, 2.24) is 15.2 Å². The smallest absolute Gasteiger partial charge is 0.274 e. The SMILES string of the molecule is CC(C)(C)c1nnc(Nc2cccc(C#N)c2)[nH]c1=O. The van der Waals surface area contributed by atoms with E-state index < -0.39 is 0 Å². The van der Waals surface area contributed by atoms with E-state index in [4.69, 9.17) is 5.26 Å². The van der Waals surface area contributed by atoms with Gasteiger partial charge in [-0.2, -0.15) is 5.26 Å². The van der Waals surface area contributed by atoms with Crippen LogP contribution < -0.4 is 10.9 Å². The second-order valence-electron chi connectivity index (χ2n) is 5.42. The number of benzene rings is 1. The molecule has 2 N–H and O–H groups in total. The highest BCUT2D eigenvalue weighted by molar-refractivity contribution is 5.55. The Morgan fingerprint density at radius 2 is 2.05 bits per heavy atom. The van der Waals surface area contributed by atoms with E-state index in [1.807, 2.05) is 26.8 Å². The van der Waals surface area contributed by atoms with Gasteiger partial charge >= 0.3 is 0 Å². The maximum absolute atomic E-state index is 11.9. The van der Waals surface area contributed by atoms with Crippen LogP contribution in [0.5, 0.6) is 0 Å². The molecule has 102 valence electrons. The molecule has 0 saturated heterocycles. The summed E-state index contributed by atoms with van der Waals surface area (Å²) in [5, 5.41) is 19.7. The largest absolute Gasteiger partial charge is 0.324 e. The van der Waals surface area contributed by atoms with Crippen LogP contribution >= 0.6 is 0 Å². The van der Waals surface area contributed by atoms with Crippen LogP contribution in [0.2, 0.25) is 0 Å². The van der Waals surface area contributed by atoms with Crippen molar-refractivity contribution in [1.29, 1.82) is 5.26 Å². The number of aromatic amines is 1. The van der Waals surface area contributed by atoms with Gasteiger partial charge in [0.25, 0.3) is 5.56 Å². The zero-order chi connectivity index (χ0) is 14.8. The lowest BCUT2D eigenvalue weighted by Gasteiger charge is -2.15. The highest BCUT2D eigenvalue weighted by Gasteiger charge is 2.20. The van der Waals surface area contributed by atoms with Crippen molar-refractivity contribution >= 4 is 11.6 Å². The molecule has 20 heavy (non-hydrogen) atoms. The zero-order valence-electron chi connectivity index (χ0n) is 11.6. The molecule has 6 nitrogen and oxygen atoms in total. The summed E-state index contributed by atoms with van der Waals surface area (Å²) in [6.45, 7) is 5.70. The fraction of sp³-hybridized carbons (Fsp3) is 0.286. The molecule has 1 aromatic carbocycles. The molecule has 0 saturated carbocycles. The van der Waals surface area contributed by atoms with Crippen LogP contribution in [0.1, 0.15) is 32.0 Å². The summed E-state index contributed by atoms with van der Waals surface area (Å²) in [5.74, 6) is 0.248. The minimum Gasteiger partial charge on any atom is -0.324 e. The Morgan fingerprint density at radius 3 is 2.65 bits per heavy atom. The lowest BCUT2D eigenvalue weighted by Crippen LogP contribution is -2.28. The first-order valence-corrected chi connectivity index (χ1v) is 6.15. The van der Waals surface area contributed by atoms with Gasteiger partial charge in [-0.3, -0.25) is 9.78 Å². The average molecular weight is 269 g/mol. The maximum atomic E-state index is 11.9. The Kier molecular flexibility index (Phi) is 3.53. The van der Waals surface area contributed by atoms with E-state index in [0.29, 0.717) is 16.9 Å². The van der Waals surface area contributed by atoms with Crippen LogP contribution in [0.4, 0.5) is 11.6 Å². The van der Waals surface area contributed by atoms with E-state index in [0.717, 1.165) is 0 Å². The molecule has 0 aliphatic heterocycles. The standard InChI is InChI=1S/C14H15N5O/c1-14(2,3)11-12(20)17-13(19-18-11)16-10-6-4-5-9(7-10)8-15/h4-7H,1-3H3,(H2,16,17,19,20). The Morgan fingerprint density at radius 1 is 1.30 bits per heavy atom. The highest BCUT2D eigenvalue weighted by Crippen LogP contribution is 2.16. The summed E-state index contributed by atoms with van der Waals surface area (Å²) in [4.78, 5) is 14.6. The first kappa shape index (κ1) is 13.7. The number of H-pyrrole nitrogens is 1. The van der Waals surface area contributed by atoms with Gasteiger partial charge in [-0.25, -0.2) is 0 Å². The number of rotatable bonds is 2. The van der Waals surface area contributed by atoms with Crippen LogP contribution in [0.25, 0.3) is 0 Å². The van der Waals surface area contributed by atoms with Gasteiger partial charge in [0.15, 0.2) is 0 Å². The predicted octanol–water partition coefficient (Wildman–Crippen LogP) is 2.08. The van der Waals surface area contributed by atoms with Gasteiger partial charge in [-0.15, -0.1) is 10.2 Å². The van der Waals surface area contributed by atoms with E-state index >= 15 is 0 Å². The fourth-order valence-corrected chi connectivity index (χ4v) is 1.69. The van der Waals surface area contributed by atoms with Crippen LogP contribution in [0.15, 0.2) is 29.1 Å². The van der Waals surface area contributed by atoms with Gasteiger partial charge in [0.2, 0.25) is 5.95 Å². The summed E-state index contributed by atoms with van der Waals surface area (Å²) in [6.07, 6.45) is 0. The minimum atomic E-state index is -0.361. The molecule has 0 radical (unpaired) electrons. The highest BCUT2D eigenvalue weighted by atomic mass is 16.1. The van der Waals surface area contributed by atoms with Gasteiger partial charge in [-0.1, -0.05) is 26.8 Å². The van der Waals surface area contributed by atoms with Crippen molar-refractivity contribution in [3.05, 3.63) is 45.9 Å². The second kappa shape index (κ2) is 5.13. The number of hydrogen-bond donors (Lipinski definition) is 2. The molecule has 0 aliphatic rings. The minimum absolute atomic E-state index is 0.248.